The number of imidazole rings is 1. The molecule has 0 saturated carbocycles. The average Bonchev–Trinajstić information content (AvgIpc) is 3.12. The number of nitro groups is 1. The third-order valence-electron chi connectivity index (χ3n) is 3.55. The molecule has 1 unspecified atom stereocenters. The van der Waals surface area contributed by atoms with Crippen LogP contribution in [0.3, 0.4) is 0 Å². The molecule has 0 aliphatic rings. The molecule has 0 bridgehead atoms. The van der Waals surface area contributed by atoms with Gasteiger partial charge in [0, 0.05) is 5.38 Å². The molecule has 0 radical (unpaired) electrons. The quantitative estimate of drug-likeness (QED) is 0.501. The molecule has 26 heavy (non-hydrogen) atoms. The molecule has 2 aromatic heterocycles. The fourth-order valence-corrected chi connectivity index (χ4v) is 3.06. The summed E-state index contributed by atoms with van der Waals surface area (Å²) < 4.78 is 42.5. The minimum atomic E-state index is -4.40. The molecule has 1 atom stereocenters. The minimum absolute atomic E-state index is 0.0896. The minimum Gasteiger partial charge on any atom is -0.484 e. The first kappa shape index (κ1) is 18.0. The van der Waals surface area contributed by atoms with Gasteiger partial charge in [0.05, 0.1) is 6.04 Å². The molecular weight excluding hydrogens is 373 g/mol. The Morgan fingerprint density at radius 1 is 1.38 bits per heavy atom. The molecular formula is C15H13F3N4O3S. The number of fused-ring (bicyclic) bond motifs is 1. The number of thiazole rings is 1. The van der Waals surface area contributed by atoms with Crippen molar-refractivity contribution >= 4 is 27.9 Å². The van der Waals surface area contributed by atoms with Crippen LogP contribution in [0, 0.1) is 10.1 Å². The Morgan fingerprint density at radius 3 is 2.69 bits per heavy atom. The Hall–Kier alpha value is -2.82. The predicted molar refractivity (Wildman–Crippen MR) is 89.8 cm³/mol. The summed E-state index contributed by atoms with van der Waals surface area (Å²) in [5.74, 6) is 0.0525. The first-order chi connectivity index (χ1) is 12.2. The van der Waals surface area contributed by atoms with Gasteiger partial charge in [-0.15, -0.1) is 0 Å². The van der Waals surface area contributed by atoms with E-state index in [2.05, 4.69) is 15.0 Å². The molecule has 0 saturated heterocycles. The van der Waals surface area contributed by atoms with Gasteiger partial charge in [-0.25, -0.2) is 0 Å². The number of nitrogens with one attached hydrogen (secondary N) is 1. The average molecular weight is 386 g/mol. The maximum atomic E-state index is 12.2. The highest BCUT2D eigenvalue weighted by Crippen LogP contribution is 2.31. The maximum Gasteiger partial charge on any atom is 0.422 e. The van der Waals surface area contributed by atoms with Crippen molar-refractivity contribution in [3.05, 3.63) is 51.5 Å². The summed E-state index contributed by atoms with van der Waals surface area (Å²) in [6.45, 7) is 0.403. The van der Waals surface area contributed by atoms with Gasteiger partial charge in [-0.2, -0.15) is 22.6 Å². The van der Waals surface area contributed by atoms with Gasteiger partial charge >= 0.3 is 12.0 Å². The van der Waals surface area contributed by atoms with Crippen molar-refractivity contribution in [3.63, 3.8) is 0 Å². The summed E-state index contributed by atoms with van der Waals surface area (Å²) in [5, 5.41) is 16.0. The number of alkyl halides is 3. The molecule has 0 fully saturated rings. The summed E-state index contributed by atoms with van der Waals surface area (Å²) >= 11 is 1.27. The topological polar surface area (TPSA) is 81.7 Å². The smallest absolute Gasteiger partial charge is 0.422 e. The second-order valence-corrected chi connectivity index (χ2v) is 6.31. The van der Waals surface area contributed by atoms with Gasteiger partial charge in [0.25, 0.3) is 4.96 Å². The lowest BCUT2D eigenvalue weighted by Crippen LogP contribution is -2.19. The zero-order valence-electron chi connectivity index (χ0n) is 13.4. The summed E-state index contributed by atoms with van der Waals surface area (Å²) in [4.78, 5) is 15.5. The van der Waals surface area contributed by atoms with Crippen LogP contribution in [0.2, 0.25) is 0 Å². The third-order valence-corrected chi connectivity index (χ3v) is 4.30. The molecule has 3 aromatic rings. The SMILES string of the molecule is CC(Nc1nc2sccn2c1[N+](=O)[O-])c1ccc(OCC(F)(F)F)cc1. The van der Waals surface area contributed by atoms with E-state index in [0.29, 0.717) is 4.96 Å². The van der Waals surface area contributed by atoms with Crippen LogP contribution >= 0.6 is 11.3 Å². The monoisotopic (exact) mass is 386 g/mol. The van der Waals surface area contributed by atoms with E-state index in [4.69, 9.17) is 0 Å². The van der Waals surface area contributed by atoms with E-state index in [0.717, 1.165) is 5.56 Å². The van der Waals surface area contributed by atoms with Crippen LogP contribution in [0.25, 0.3) is 4.96 Å². The van der Waals surface area contributed by atoms with Crippen molar-refractivity contribution in [2.24, 2.45) is 0 Å². The van der Waals surface area contributed by atoms with Crippen LogP contribution in [0.5, 0.6) is 5.75 Å². The summed E-state index contributed by atoms with van der Waals surface area (Å²) in [6.07, 6.45) is -2.84. The predicted octanol–water partition coefficient (Wildman–Crippen LogP) is 4.42. The van der Waals surface area contributed by atoms with Gasteiger partial charge in [0.1, 0.15) is 11.9 Å². The van der Waals surface area contributed by atoms with Crippen LogP contribution in [-0.4, -0.2) is 27.1 Å². The van der Waals surface area contributed by atoms with Gasteiger partial charge in [0.15, 0.2) is 6.61 Å². The molecule has 7 nitrogen and oxygen atoms in total. The molecule has 3 rings (SSSR count). The highest BCUT2D eigenvalue weighted by molar-refractivity contribution is 7.15. The number of benzene rings is 1. The molecule has 11 heteroatoms. The number of halogens is 3. The van der Waals surface area contributed by atoms with Gasteiger partial charge < -0.3 is 20.2 Å². The molecule has 1 aromatic carbocycles. The van der Waals surface area contributed by atoms with Gasteiger partial charge in [-0.3, -0.25) is 0 Å². The zero-order valence-corrected chi connectivity index (χ0v) is 14.2. The lowest BCUT2D eigenvalue weighted by atomic mass is 10.1. The number of rotatable bonds is 6. The van der Waals surface area contributed by atoms with Gasteiger partial charge in [-0.1, -0.05) is 23.5 Å². The van der Waals surface area contributed by atoms with E-state index < -0.39 is 17.7 Å². The van der Waals surface area contributed by atoms with Crippen LogP contribution in [0.15, 0.2) is 35.8 Å². The van der Waals surface area contributed by atoms with Crippen molar-refractivity contribution in [1.29, 1.82) is 0 Å². The number of anilines is 1. The molecule has 138 valence electrons. The Labute approximate surface area is 149 Å². The molecule has 2 heterocycles. The first-order valence-electron chi connectivity index (χ1n) is 7.40. The molecule has 0 aliphatic carbocycles. The second kappa shape index (κ2) is 6.83. The normalized spacial score (nSPS) is 12.9. The number of hydrogen-bond donors (Lipinski definition) is 1. The van der Waals surface area contributed by atoms with E-state index in [1.54, 1.807) is 30.6 Å². The summed E-state index contributed by atoms with van der Waals surface area (Å²) in [6, 6.07) is 5.66. The highest BCUT2D eigenvalue weighted by Gasteiger charge is 2.28. The van der Waals surface area contributed by atoms with Gasteiger partial charge in [-0.05, 0) is 29.5 Å². The number of hydrogen-bond acceptors (Lipinski definition) is 6. The lowest BCUT2D eigenvalue weighted by molar-refractivity contribution is -0.389. The highest BCUT2D eigenvalue weighted by atomic mass is 32.1. The summed E-state index contributed by atoms with van der Waals surface area (Å²) in [7, 11) is 0. The van der Waals surface area contributed by atoms with E-state index in [9.17, 15) is 23.3 Å². The number of nitrogens with zero attached hydrogens (tertiary/aromatic N) is 3. The van der Waals surface area contributed by atoms with Crippen molar-refractivity contribution in [1.82, 2.24) is 9.38 Å². The molecule has 0 spiro atoms. The zero-order chi connectivity index (χ0) is 18.9. The van der Waals surface area contributed by atoms with Crippen LogP contribution in [0.4, 0.5) is 24.8 Å². The van der Waals surface area contributed by atoms with Crippen molar-refractivity contribution < 1.29 is 22.8 Å². The summed E-state index contributed by atoms with van der Waals surface area (Å²) in [5.41, 5.74) is 0.718. The fourth-order valence-electron chi connectivity index (χ4n) is 2.35. The van der Waals surface area contributed by atoms with Crippen LogP contribution in [0.1, 0.15) is 18.5 Å². The molecule has 0 amide bonds. The largest absolute Gasteiger partial charge is 0.484 e. The lowest BCUT2D eigenvalue weighted by Gasteiger charge is -2.14. The number of ether oxygens (including phenoxy) is 1. The third kappa shape index (κ3) is 3.87. The van der Waals surface area contributed by atoms with Crippen molar-refractivity contribution in [3.8, 4) is 5.75 Å². The van der Waals surface area contributed by atoms with Crippen LogP contribution < -0.4 is 10.1 Å². The van der Waals surface area contributed by atoms with Crippen molar-refractivity contribution in [2.45, 2.75) is 19.1 Å². The molecule has 1 N–H and O–H groups in total. The van der Waals surface area contributed by atoms with Crippen LogP contribution in [-0.2, 0) is 0 Å². The molecule has 0 aliphatic heterocycles. The Morgan fingerprint density at radius 2 is 2.08 bits per heavy atom. The van der Waals surface area contributed by atoms with E-state index in [1.807, 2.05) is 0 Å². The Bertz CT molecular complexity index is 921. The Kier molecular flexibility index (Phi) is 4.72. The van der Waals surface area contributed by atoms with Gasteiger partial charge in [0.2, 0.25) is 5.82 Å². The van der Waals surface area contributed by atoms with E-state index >= 15 is 0 Å². The van der Waals surface area contributed by atoms with E-state index in [-0.39, 0.29) is 23.4 Å². The maximum absolute atomic E-state index is 12.2. The number of aromatic nitrogens is 2. The first-order valence-corrected chi connectivity index (χ1v) is 8.28. The second-order valence-electron chi connectivity index (χ2n) is 5.44. The standard InChI is InChI=1S/C15H13F3N4O3S/c1-9(10-2-4-11(5-3-10)25-8-15(16,17)18)19-12-13(22(23)24)21-6-7-26-14(21)20-12/h2-7,9,19H,8H2,1H3. The Balaban J connectivity index is 1.74. The van der Waals surface area contributed by atoms with E-state index in [1.165, 1.54) is 27.9 Å². The fraction of sp³-hybridized carbons (Fsp3) is 0.267. The van der Waals surface area contributed by atoms with Crippen molar-refractivity contribution in [2.75, 3.05) is 11.9 Å².